The monoisotopic (exact) mass is 316 g/mol. The molecular formula is C14H24N2O4S. The molecule has 0 unspecified atom stereocenters. The standard InChI is InChI=1S/C14H24N2O4S/c1-14(2,7-8-19-3)10-16-21(17,18)11-5-6-12(15)13(9-11)20-4/h5-6,9,16H,7-8,10,15H2,1-4H3. The predicted molar refractivity (Wildman–Crippen MR) is 82.9 cm³/mol. The molecule has 0 aliphatic carbocycles. The molecule has 0 radical (unpaired) electrons. The van der Waals surface area contributed by atoms with Gasteiger partial charge in [-0.25, -0.2) is 13.1 Å². The third kappa shape index (κ3) is 5.18. The van der Waals surface area contributed by atoms with E-state index in [1.54, 1.807) is 7.11 Å². The van der Waals surface area contributed by atoms with Crippen molar-refractivity contribution in [3.8, 4) is 5.75 Å². The van der Waals surface area contributed by atoms with Crippen LogP contribution in [0, 0.1) is 5.41 Å². The van der Waals surface area contributed by atoms with E-state index in [-0.39, 0.29) is 10.3 Å². The molecule has 3 N–H and O–H groups in total. The highest BCUT2D eigenvalue weighted by Gasteiger charge is 2.22. The lowest BCUT2D eigenvalue weighted by molar-refractivity contribution is 0.153. The number of benzene rings is 1. The molecule has 0 bridgehead atoms. The van der Waals surface area contributed by atoms with Gasteiger partial charge in [0.1, 0.15) is 5.75 Å². The molecule has 1 aromatic carbocycles. The Hall–Kier alpha value is -1.31. The van der Waals surface area contributed by atoms with Crippen molar-refractivity contribution in [2.24, 2.45) is 5.41 Å². The summed E-state index contributed by atoms with van der Waals surface area (Å²) in [6, 6.07) is 4.39. The average molecular weight is 316 g/mol. The Kier molecular flexibility index (Phi) is 6.00. The van der Waals surface area contributed by atoms with Crippen molar-refractivity contribution in [1.82, 2.24) is 4.72 Å². The maximum Gasteiger partial charge on any atom is 0.240 e. The highest BCUT2D eigenvalue weighted by molar-refractivity contribution is 7.89. The lowest BCUT2D eigenvalue weighted by atomic mass is 9.90. The molecule has 0 saturated carbocycles. The van der Waals surface area contributed by atoms with Crippen LogP contribution in [0.3, 0.4) is 0 Å². The Morgan fingerprint density at radius 2 is 1.95 bits per heavy atom. The van der Waals surface area contributed by atoms with Crippen molar-refractivity contribution in [2.45, 2.75) is 25.2 Å². The van der Waals surface area contributed by atoms with Gasteiger partial charge in [0, 0.05) is 26.3 Å². The van der Waals surface area contributed by atoms with Crippen molar-refractivity contribution in [1.29, 1.82) is 0 Å². The Balaban J connectivity index is 2.82. The fourth-order valence-electron chi connectivity index (χ4n) is 1.70. The van der Waals surface area contributed by atoms with Gasteiger partial charge in [0.25, 0.3) is 0 Å². The quantitative estimate of drug-likeness (QED) is 0.711. The molecule has 120 valence electrons. The third-order valence-electron chi connectivity index (χ3n) is 3.24. The molecule has 0 amide bonds. The zero-order valence-corrected chi connectivity index (χ0v) is 13.8. The number of anilines is 1. The van der Waals surface area contributed by atoms with Crippen molar-refractivity contribution < 1.29 is 17.9 Å². The first-order valence-corrected chi connectivity index (χ1v) is 8.12. The van der Waals surface area contributed by atoms with Gasteiger partial charge in [0.15, 0.2) is 0 Å². The average Bonchev–Trinajstić information content (AvgIpc) is 2.44. The molecule has 0 heterocycles. The van der Waals surface area contributed by atoms with Gasteiger partial charge >= 0.3 is 0 Å². The van der Waals surface area contributed by atoms with Crippen LogP contribution < -0.4 is 15.2 Å². The lowest BCUT2D eigenvalue weighted by Crippen LogP contribution is -2.34. The van der Waals surface area contributed by atoms with E-state index in [2.05, 4.69) is 4.72 Å². The summed E-state index contributed by atoms with van der Waals surface area (Å²) in [4.78, 5) is 0.135. The summed E-state index contributed by atoms with van der Waals surface area (Å²) in [6.07, 6.45) is 0.761. The Morgan fingerprint density at radius 1 is 1.29 bits per heavy atom. The normalized spacial score (nSPS) is 12.4. The van der Waals surface area contributed by atoms with Gasteiger partial charge in [0.2, 0.25) is 10.0 Å². The maximum atomic E-state index is 12.3. The minimum Gasteiger partial charge on any atom is -0.495 e. The van der Waals surface area contributed by atoms with E-state index in [1.807, 2.05) is 13.8 Å². The SMILES string of the molecule is COCCC(C)(C)CNS(=O)(=O)c1ccc(N)c(OC)c1. The molecule has 0 spiro atoms. The first kappa shape index (κ1) is 17.7. The second-order valence-corrected chi connectivity index (χ2v) is 7.40. The molecule has 0 atom stereocenters. The zero-order valence-electron chi connectivity index (χ0n) is 13.0. The zero-order chi connectivity index (χ0) is 16.1. The molecule has 1 rings (SSSR count). The molecule has 0 aliphatic rings. The first-order valence-electron chi connectivity index (χ1n) is 6.64. The van der Waals surface area contributed by atoms with Crippen LogP contribution in [0.15, 0.2) is 23.1 Å². The van der Waals surface area contributed by atoms with Crippen LogP contribution >= 0.6 is 0 Å². The number of nitrogens with two attached hydrogens (primary N) is 1. The van der Waals surface area contributed by atoms with Crippen LogP contribution in [-0.4, -0.2) is 35.8 Å². The largest absolute Gasteiger partial charge is 0.495 e. The number of rotatable bonds is 8. The molecule has 6 nitrogen and oxygen atoms in total. The number of sulfonamides is 1. The van der Waals surface area contributed by atoms with Gasteiger partial charge in [-0.1, -0.05) is 13.8 Å². The minimum absolute atomic E-state index is 0.135. The highest BCUT2D eigenvalue weighted by atomic mass is 32.2. The molecule has 7 heteroatoms. The first-order chi connectivity index (χ1) is 9.72. The number of methoxy groups -OCH3 is 2. The van der Waals surface area contributed by atoms with E-state index >= 15 is 0 Å². The number of ether oxygens (including phenoxy) is 2. The lowest BCUT2D eigenvalue weighted by Gasteiger charge is -2.24. The van der Waals surface area contributed by atoms with Crippen LogP contribution in [-0.2, 0) is 14.8 Å². The van der Waals surface area contributed by atoms with Gasteiger partial charge in [-0.15, -0.1) is 0 Å². The van der Waals surface area contributed by atoms with Gasteiger partial charge in [-0.2, -0.15) is 0 Å². The Labute approximate surface area is 126 Å². The van der Waals surface area contributed by atoms with E-state index in [4.69, 9.17) is 15.2 Å². The Bertz CT molecular complexity index is 570. The summed E-state index contributed by atoms with van der Waals surface area (Å²) in [7, 11) is -0.521. The van der Waals surface area contributed by atoms with Crippen LogP contribution in [0.2, 0.25) is 0 Å². The molecule has 0 aliphatic heterocycles. The second-order valence-electron chi connectivity index (χ2n) is 5.64. The van der Waals surface area contributed by atoms with E-state index < -0.39 is 10.0 Å². The number of hydrogen-bond donors (Lipinski definition) is 2. The summed E-state index contributed by atoms with van der Waals surface area (Å²) in [5.41, 5.74) is 5.89. The number of hydrogen-bond acceptors (Lipinski definition) is 5. The maximum absolute atomic E-state index is 12.3. The highest BCUT2D eigenvalue weighted by Crippen LogP contribution is 2.25. The van der Waals surface area contributed by atoms with Crippen LogP contribution in [0.4, 0.5) is 5.69 Å². The van der Waals surface area contributed by atoms with Crippen molar-refractivity contribution >= 4 is 15.7 Å². The summed E-state index contributed by atoms with van der Waals surface area (Å²) in [6.45, 7) is 4.88. The molecule has 21 heavy (non-hydrogen) atoms. The summed E-state index contributed by atoms with van der Waals surface area (Å²) in [5.74, 6) is 0.344. The van der Waals surface area contributed by atoms with E-state index in [1.165, 1.54) is 25.3 Å². The van der Waals surface area contributed by atoms with E-state index in [0.717, 1.165) is 6.42 Å². The number of nitrogens with one attached hydrogen (secondary N) is 1. The third-order valence-corrected chi connectivity index (χ3v) is 4.64. The van der Waals surface area contributed by atoms with Gasteiger partial charge in [-0.05, 0) is 24.0 Å². The molecule has 0 fully saturated rings. The fraction of sp³-hybridized carbons (Fsp3) is 0.571. The molecule has 0 aromatic heterocycles. The van der Waals surface area contributed by atoms with E-state index in [9.17, 15) is 8.42 Å². The van der Waals surface area contributed by atoms with Crippen molar-refractivity contribution in [3.05, 3.63) is 18.2 Å². The summed E-state index contributed by atoms with van der Waals surface area (Å²) >= 11 is 0. The molecular weight excluding hydrogens is 292 g/mol. The predicted octanol–water partition coefficient (Wildman–Crippen LogP) is 1.62. The summed E-state index contributed by atoms with van der Waals surface area (Å²) < 4.78 is 37.3. The van der Waals surface area contributed by atoms with E-state index in [0.29, 0.717) is 24.6 Å². The van der Waals surface area contributed by atoms with Crippen LogP contribution in [0.25, 0.3) is 0 Å². The topological polar surface area (TPSA) is 90.7 Å². The summed E-state index contributed by atoms with van der Waals surface area (Å²) in [5, 5.41) is 0. The van der Waals surface area contributed by atoms with Gasteiger partial charge in [0.05, 0.1) is 17.7 Å². The van der Waals surface area contributed by atoms with Crippen molar-refractivity contribution in [3.63, 3.8) is 0 Å². The van der Waals surface area contributed by atoms with Crippen LogP contribution in [0.1, 0.15) is 20.3 Å². The molecule has 0 saturated heterocycles. The van der Waals surface area contributed by atoms with Gasteiger partial charge in [-0.3, -0.25) is 0 Å². The van der Waals surface area contributed by atoms with Gasteiger partial charge < -0.3 is 15.2 Å². The fourth-order valence-corrected chi connectivity index (χ4v) is 2.96. The van der Waals surface area contributed by atoms with Crippen molar-refractivity contribution in [2.75, 3.05) is 33.1 Å². The Morgan fingerprint density at radius 3 is 2.52 bits per heavy atom. The van der Waals surface area contributed by atoms with Crippen LogP contribution in [0.5, 0.6) is 5.75 Å². The number of nitrogen functional groups attached to an aromatic ring is 1. The second kappa shape index (κ2) is 7.11. The molecule has 1 aromatic rings. The minimum atomic E-state index is -3.59. The smallest absolute Gasteiger partial charge is 0.240 e.